The summed E-state index contributed by atoms with van der Waals surface area (Å²) >= 11 is 0. The molecule has 1 heterocycles. The maximum Gasteiger partial charge on any atom is 0.258 e. The molecule has 2 aromatic carbocycles. The molecule has 0 radical (unpaired) electrons. The van der Waals surface area contributed by atoms with Crippen LogP contribution >= 0.6 is 0 Å². The van der Waals surface area contributed by atoms with Gasteiger partial charge in [-0.2, -0.15) is 0 Å². The number of hydrogen-bond donors (Lipinski definition) is 1. The van der Waals surface area contributed by atoms with Crippen molar-refractivity contribution in [3.05, 3.63) is 53.6 Å². The monoisotopic (exact) mass is 466 g/mol. The van der Waals surface area contributed by atoms with Crippen molar-refractivity contribution in [2.24, 2.45) is 5.92 Å². The summed E-state index contributed by atoms with van der Waals surface area (Å²) in [5, 5.41) is 11.6. The lowest BCUT2D eigenvalue weighted by Crippen LogP contribution is -2.56. The molecule has 3 unspecified atom stereocenters. The first-order valence-electron chi connectivity index (χ1n) is 12.6. The van der Waals surface area contributed by atoms with E-state index < -0.39 is 5.60 Å². The highest BCUT2D eigenvalue weighted by Gasteiger charge is 2.50. The van der Waals surface area contributed by atoms with Crippen molar-refractivity contribution >= 4 is 11.6 Å². The van der Waals surface area contributed by atoms with E-state index in [0.29, 0.717) is 30.0 Å². The van der Waals surface area contributed by atoms with E-state index in [-0.39, 0.29) is 17.9 Å². The number of nitrogens with zero attached hydrogens (tertiary/aromatic N) is 2. The molecule has 0 bridgehead atoms. The molecule has 0 aromatic heterocycles. The van der Waals surface area contributed by atoms with Crippen LogP contribution in [0.1, 0.15) is 67.9 Å². The molecule has 184 valence electrons. The first-order chi connectivity index (χ1) is 16.5. The second-order valence-corrected chi connectivity index (χ2v) is 9.48. The fraction of sp³-hybridized carbons (Fsp3) is 0.536. The third-order valence-corrected chi connectivity index (χ3v) is 7.83. The van der Waals surface area contributed by atoms with Crippen LogP contribution in [-0.2, 0) is 0 Å². The molecule has 1 saturated heterocycles. The number of fused-ring (bicyclic) bond motifs is 1. The molecular weight excluding hydrogens is 428 g/mol. The van der Waals surface area contributed by atoms with E-state index in [1.807, 2.05) is 4.90 Å². The average molecular weight is 467 g/mol. The van der Waals surface area contributed by atoms with Gasteiger partial charge in [0.15, 0.2) is 0 Å². The van der Waals surface area contributed by atoms with Gasteiger partial charge in [-0.05, 0) is 62.9 Å². The molecule has 1 N–H and O–H groups in total. The van der Waals surface area contributed by atoms with E-state index in [4.69, 9.17) is 9.47 Å². The van der Waals surface area contributed by atoms with Gasteiger partial charge in [-0.25, -0.2) is 0 Å². The zero-order valence-electron chi connectivity index (χ0n) is 20.9. The van der Waals surface area contributed by atoms with Gasteiger partial charge < -0.3 is 24.4 Å². The van der Waals surface area contributed by atoms with Crippen LogP contribution in [0.4, 0.5) is 5.69 Å². The Labute approximate surface area is 203 Å². The van der Waals surface area contributed by atoms with Gasteiger partial charge >= 0.3 is 0 Å². The van der Waals surface area contributed by atoms with E-state index in [2.05, 4.69) is 43.0 Å². The number of methoxy groups -OCH3 is 2. The van der Waals surface area contributed by atoms with Gasteiger partial charge in [0.1, 0.15) is 11.5 Å². The standard InChI is InChI=1S/C28H38N2O4/c1-5-29(6-2)21-12-10-20(11-13-21)26-24-9-7-8-16-28(24,32)17-18-30(26)27(31)23-15-14-22(33-3)19-25(23)34-4/h10-15,19,24,26,32H,5-9,16-18H2,1-4H3. The molecular formula is C28H38N2O4. The van der Waals surface area contributed by atoms with Gasteiger partial charge in [-0.3, -0.25) is 4.79 Å². The lowest BCUT2D eigenvalue weighted by molar-refractivity contribution is -0.115. The number of anilines is 1. The van der Waals surface area contributed by atoms with Gasteiger partial charge in [-0.1, -0.05) is 25.0 Å². The number of likely N-dealkylation sites (tertiary alicyclic amines) is 1. The fourth-order valence-electron chi connectivity index (χ4n) is 5.92. The summed E-state index contributed by atoms with van der Waals surface area (Å²) in [5.41, 5.74) is 2.07. The normalized spacial score (nSPS) is 24.3. The minimum absolute atomic E-state index is 0.0162. The largest absolute Gasteiger partial charge is 0.497 e. The van der Waals surface area contributed by atoms with Gasteiger partial charge in [0.2, 0.25) is 0 Å². The summed E-state index contributed by atoms with van der Waals surface area (Å²) in [6.45, 7) is 6.73. The van der Waals surface area contributed by atoms with E-state index >= 15 is 0 Å². The molecule has 1 saturated carbocycles. The zero-order valence-corrected chi connectivity index (χ0v) is 20.9. The maximum absolute atomic E-state index is 13.9. The minimum Gasteiger partial charge on any atom is -0.497 e. The van der Waals surface area contributed by atoms with Gasteiger partial charge in [-0.15, -0.1) is 0 Å². The van der Waals surface area contributed by atoms with Gasteiger partial charge in [0.05, 0.1) is 31.4 Å². The number of rotatable bonds is 7. The summed E-state index contributed by atoms with van der Waals surface area (Å²) in [6, 6.07) is 13.7. The van der Waals surface area contributed by atoms with E-state index in [1.54, 1.807) is 32.4 Å². The molecule has 0 spiro atoms. The van der Waals surface area contributed by atoms with Crippen LogP contribution in [0.15, 0.2) is 42.5 Å². The average Bonchev–Trinajstić information content (AvgIpc) is 2.88. The third kappa shape index (κ3) is 4.48. The number of piperidine rings is 1. The van der Waals surface area contributed by atoms with Crippen LogP contribution < -0.4 is 14.4 Å². The Morgan fingerprint density at radius 2 is 1.79 bits per heavy atom. The Bertz CT molecular complexity index is 988. The van der Waals surface area contributed by atoms with Crippen molar-refractivity contribution in [3.63, 3.8) is 0 Å². The van der Waals surface area contributed by atoms with Crippen molar-refractivity contribution in [2.75, 3.05) is 38.8 Å². The highest BCUT2D eigenvalue weighted by atomic mass is 16.5. The quantitative estimate of drug-likeness (QED) is 0.618. The predicted octanol–water partition coefficient (Wildman–Crippen LogP) is 5.06. The molecule has 4 rings (SSSR count). The second-order valence-electron chi connectivity index (χ2n) is 9.48. The van der Waals surface area contributed by atoms with Crippen LogP contribution in [0.2, 0.25) is 0 Å². The number of aliphatic hydroxyl groups is 1. The zero-order chi connectivity index (χ0) is 24.3. The van der Waals surface area contributed by atoms with Crippen LogP contribution in [0.25, 0.3) is 0 Å². The van der Waals surface area contributed by atoms with Crippen molar-refractivity contribution in [3.8, 4) is 11.5 Å². The lowest BCUT2D eigenvalue weighted by Gasteiger charge is -2.52. The molecule has 6 heteroatoms. The highest BCUT2D eigenvalue weighted by molar-refractivity contribution is 5.97. The Kier molecular flexibility index (Phi) is 7.36. The molecule has 3 atom stereocenters. The summed E-state index contributed by atoms with van der Waals surface area (Å²) in [7, 11) is 3.17. The van der Waals surface area contributed by atoms with Crippen molar-refractivity contribution in [1.29, 1.82) is 0 Å². The fourth-order valence-corrected chi connectivity index (χ4v) is 5.92. The topological polar surface area (TPSA) is 62.2 Å². The first-order valence-corrected chi connectivity index (χ1v) is 12.6. The Hall–Kier alpha value is -2.73. The van der Waals surface area contributed by atoms with Crippen molar-refractivity contribution in [1.82, 2.24) is 4.90 Å². The Balaban J connectivity index is 1.73. The van der Waals surface area contributed by atoms with Crippen molar-refractivity contribution in [2.45, 2.75) is 57.6 Å². The molecule has 2 aliphatic rings. The van der Waals surface area contributed by atoms with Crippen LogP contribution in [-0.4, -0.2) is 55.4 Å². The highest BCUT2D eigenvalue weighted by Crippen LogP contribution is 2.50. The number of ether oxygens (including phenoxy) is 2. The molecule has 6 nitrogen and oxygen atoms in total. The molecule has 1 aliphatic carbocycles. The lowest BCUT2D eigenvalue weighted by atomic mass is 9.66. The summed E-state index contributed by atoms with van der Waals surface area (Å²) in [4.78, 5) is 18.2. The van der Waals surface area contributed by atoms with Gasteiger partial charge in [0, 0.05) is 37.3 Å². The van der Waals surface area contributed by atoms with Crippen LogP contribution in [0, 0.1) is 5.92 Å². The van der Waals surface area contributed by atoms with Crippen molar-refractivity contribution < 1.29 is 19.4 Å². The molecule has 2 aromatic rings. The summed E-state index contributed by atoms with van der Waals surface area (Å²) in [5.74, 6) is 1.11. The third-order valence-electron chi connectivity index (χ3n) is 7.83. The number of carbonyl (C=O) groups is 1. The van der Waals surface area contributed by atoms with E-state index in [0.717, 1.165) is 44.3 Å². The van der Waals surface area contributed by atoms with Crippen LogP contribution in [0.3, 0.4) is 0 Å². The molecule has 34 heavy (non-hydrogen) atoms. The second kappa shape index (κ2) is 10.3. The maximum atomic E-state index is 13.9. The smallest absolute Gasteiger partial charge is 0.258 e. The molecule has 1 aliphatic heterocycles. The summed E-state index contributed by atoms with van der Waals surface area (Å²) in [6.07, 6.45) is 4.45. The van der Waals surface area contributed by atoms with E-state index in [1.165, 1.54) is 5.69 Å². The summed E-state index contributed by atoms with van der Waals surface area (Å²) < 4.78 is 10.9. The number of hydrogen-bond acceptors (Lipinski definition) is 5. The first kappa shape index (κ1) is 24.4. The van der Waals surface area contributed by atoms with Gasteiger partial charge in [0.25, 0.3) is 5.91 Å². The Morgan fingerprint density at radius 3 is 2.44 bits per heavy atom. The number of carbonyl (C=O) groups excluding carboxylic acids is 1. The molecule has 2 fully saturated rings. The predicted molar refractivity (Wildman–Crippen MR) is 135 cm³/mol. The van der Waals surface area contributed by atoms with E-state index in [9.17, 15) is 9.90 Å². The Morgan fingerprint density at radius 1 is 1.06 bits per heavy atom. The SMILES string of the molecule is CCN(CC)c1ccc(C2C3CCCCC3(O)CCN2C(=O)c2ccc(OC)cc2OC)cc1. The molecule has 1 amide bonds. The number of amides is 1. The van der Waals surface area contributed by atoms with Crippen LogP contribution in [0.5, 0.6) is 11.5 Å². The number of benzene rings is 2. The minimum atomic E-state index is -0.721.